The summed E-state index contributed by atoms with van der Waals surface area (Å²) >= 11 is 5.95. The molecule has 5 aliphatic rings. The molecule has 0 radical (unpaired) electrons. The van der Waals surface area contributed by atoms with Gasteiger partial charge in [0.2, 0.25) is 5.91 Å². The molecular weight excluding hydrogens is 514 g/mol. The van der Waals surface area contributed by atoms with Gasteiger partial charge in [0.25, 0.3) is 0 Å². The van der Waals surface area contributed by atoms with Crippen LogP contribution in [0.2, 0.25) is 0 Å². The first kappa shape index (κ1) is 36.8. The van der Waals surface area contributed by atoms with Crippen molar-refractivity contribution < 1.29 is 4.79 Å². The molecule has 0 aromatic heterocycles. The Labute approximate surface area is 254 Å². The zero-order valence-electron chi connectivity index (χ0n) is 27.9. The first-order chi connectivity index (χ1) is 19.5. The summed E-state index contributed by atoms with van der Waals surface area (Å²) in [6.07, 6.45) is 8.41. The van der Waals surface area contributed by atoms with Crippen molar-refractivity contribution in [1.82, 2.24) is 9.80 Å². The van der Waals surface area contributed by atoms with Gasteiger partial charge in [-0.25, -0.2) is 0 Å². The number of carbonyl (C=O) groups excluding carboxylic acids is 1. The average Bonchev–Trinajstić information content (AvgIpc) is 3.30. The Morgan fingerprint density at radius 1 is 0.875 bits per heavy atom. The van der Waals surface area contributed by atoms with Crippen LogP contribution in [0.4, 0.5) is 5.69 Å². The molecule has 3 atom stereocenters. The predicted molar refractivity (Wildman–Crippen MR) is 177 cm³/mol. The number of alkyl halides is 1. The topological polar surface area (TPSA) is 26.8 Å². The lowest BCUT2D eigenvalue weighted by atomic mass is 9.45. The molecule has 4 nitrogen and oxygen atoms in total. The molecule has 2 saturated heterocycles. The van der Waals surface area contributed by atoms with E-state index in [2.05, 4.69) is 54.0 Å². The molecule has 3 aliphatic carbocycles. The SMILES string of the molecule is CC.CC.CC.CC.CC1(C)C2CCC(CCN3CCC4(CC3)C(=O)N(CCCCl)CN4c3ccccc3)C1C2. The first-order valence-corrected chi connectivity index (χ1v) is 17.4. The van der Waals surface area contributed by atoms with Crippen LogP contribution in [-0.2, 0) is 4.79 Å². The maximum atomic E-state index is 13.6. The Hall–Kier alpha value is -1.26. The lowest BCUT2D eigenvalue weighted by molar-refractivity contribution is -0.133. The molecule has 1 amide bonds. The third-order valence-electron chi connectivity index (χ3n) is 9.64. The van der Waals surface area contributed by atoms with Gasteiger partial charge in [-0.15, -0.1) is 11.6 Å². The molecular formula is C35H64ClN3O. The van der Waals surface area contributed by atoms with Crippen molar-refractivity contribution in [2.24, 2.45) is 23.2 Å². The molecule has 3 saturated carbocycles. The zero-order chi connectivity index (χ0) is 30.3. The number of carbonyl (C=O) groups is 1. The summed E-state index contributed by atoms with van der Waals surface area (Å²) in [5.74, 6) is 3.76. The standard InChI is InChI=1S/C27H40ClN3O.4C2H6/c1-26(2)22-10-9-21(24(26)19-22)11-16-29-17-12-27(13-18-29)25(32)30(15-6-14-28)20-31(27)23-7-4-3-5-8-23;4*1-2/h3-5,7-8,21-22,24H,6,9-20H2,1-2H3;4*1-2H3. The summed E-state index contributed by atoms with van der Waals surface area (Å²) in [6.45, 7) is 25.7. The summed E-state index contributed by atoms with van der Waals surface area (Å²) in [7, 11) is 0. The van der Waals surface area contributed by atoms with E-state index in [1.165, 1.54) is 37.9 Å². The van der Waals surface area contributed by atoms with Crippen LogP contribution in [0.3, 0.4) is 0 Å². The van der Waals surface area contributed by atoms with Gasteiger partial charge in [0.1, 0.15) is 5.54 Å². The van der Waals surface area contributed by atoms with Crippen molar-refractivity contribution in [2.75, 3.05) is 43.6 Å². The van der Waals surface area contributed by atoms with Crippen LogP contribution in [0.15, 0.2) is 30.3 Å². The van der Waals surface area contributed by atoms with Crippen molar-refractivity contribution in [3.8, 4) is 0 Å². The van der Waals surface area contributed by atoms with Gasteiger partial charge < -0.3 is 14.7 Å². The van der Waals surface area contributed by atoms with Crippen molar-refractivity contribution >= 4 is 23.2 Å². The smallest absolute Gasteiger partial charge is 0.250 e. The van der Waals surface area contributed by atoms with E-state index in [0.717, 1.165) is 56.7 Å². The van der Waals surface area contributed by atoms with E-state index in [0.29, 0.717) is 23.9 Å². The van der Waals surface area contributed by atoms with E-state index in [-0.39, 0.29) is 5.54 Å². The average molecular weight is 578 g/mol. The highest BCUT2D eigenvalue weighted by atomic mass is 35.5. The highest BCUT2D eigenvalue weighted by molar-refractivity contribution is 6.17. The third-order valence-corrected chi connectivity index (χ3v) is 9.91. The Morgan fingerprint density at radius 2 is 1.48 bits per heavy atom. The predicted octanol–water partition coefficient (Wildman–Crippen LogP) is 9.32. The Kier molecular flexibility index (Phi) is 16.8. The van der Waals surface area contributed by atoms with E-state index < -0.39 is 0 Å². The molecule has 232 valence electrons. The highest BCUT2D eigenvalue weighted by Crippen LogP contribution is 2.62. The van der Waals surface area contributed by atoms with Gasteiger partial charge in [0.05, 0.1) is 6.67 Å². The molecule has 1 aromatic rings. The largest absolute Gasteiger partial charge is 0.339 e. The fourth-order valence-corrected chi connectivity index (χ4v) is 7.55. The van der Waals surface area contributed by atoms with Gasteiger partial charge in [-0.1, -0.05) is 87.4 Å². The monoisotopic (exact) mass is 577 g/mol. The fourth-order valence-electron chi connectivity index (χ4n) is 7.43. The van der Waals surface area contributed by atoms with Crippen molar-refractivity contribution in [1.29, 1.82) is 0 Å². The second kappa shape index (κ2) is 18.3. The van der Waals surface area contributed by atoms with Crippen molar-refractivity contribution in [3.63, 3.8) is 0 Å². The Balaban J connectivity index is 0.000000921. The molecule has 1 aromatic carbocycles. The number of halogens is 1. The molecule has 1 spiro atoms. The fraction of sp³-hybridized carbons (Fsp3) is 0.800. The van der Waals surface area contributed by atoms with Crippen LogP contribution in [-0.4, -0.2) is 60.0 Å². The number of rotatable bonds is 7. The van der Waals surface area contributed by atoms with Crippen LogP contribution in [0.5, 0.6) is 0 Å². The molecule has 0 N–H and O–H groups in total. The minimum atomic E-state index is -0.377. The third kappa shape index (κ3) is 7.97. The summed E-state index contributed by atoms with van der Waals surface area (Å²) in [5, 5.41) is 0. The Morgan fingerprint density at radius 3 is 2.00 bits per heavy atom. The second-order valence-corrected chi connectivity index (χ2v) is 11.8. The van der Waals surface area contributed by atoms with E-state index in [4.69, 9.17) is 11.6 Å². The second-order valence-electron chi connectivity index (χ2n) is 11.4. The van der Waals surface area contributed by atoms with Gasteiger partial charge in [-0.2, -0.15) is 0 Å². The van der Waals surface area contributed by atoms with Gasteiger partial charge in [-0.05, 0) is 86.8 Å². The molecule has 40 heavy (non-hydrogen) atoms. The van der Waals surface area contributed by atoms with E-state index in [1.54, 1.807) is 0 Å². The number of amides is 1. The lowest BCUT2D eigenvalue weighted by Gasteiger charge is -2.60. The van der Waals surface area contributed by atoms with Gasteiger partial charge in [0, 0.05) is 31.2 Å². The summed E-state index contributed by atoms with van der Waals surface area (Å²) in [6, 6.07) is 10.5. The number of hydrogen-bond acceptors (Lipinski definition) is 3. The van der Waals surface area contributed by atoms with Crippen LogP contribution in [0.1, 0.15) is 114 Å². The number of benzene rings is 1. The molecule has 2 heterocycles. The van der Waals surface area contributed by atoms with Gasteiger partial charge >= 0.3 is 0 Å². The maximum absolute atomic E-state index is 13.6. The molecule has 3 unspecified atom stereocenters. The van der Waals surface area contributed by atoms with Crippen LogP contribution >= 0.6 is 11.6 Å². The van der Waals surface area contributed by atoms with Crippen LogP contribution in [0, 0.1) is 23.2 Å². The molecule has 5 fully saturated rings. The van der Waals surface area contributed by atoms with Crippen LogP contribution in [0.25, 0.3) is 0 Å². The summed E-state index contributed by atoms with van der Waals surface area (Å²) in [4.78, 5) is 20.7. The normalized spacial score (nSPS) is 25.6. The number of anilines is 1. The van der Waals surface area contributed by atoms with Crippen molar-refractivity contribution in [3.05, 3.63) is 30.3 Å². The van der Waals surface area contributed by atoms with Crippen LogP contribution < -0.4 is 4.90 Å². The van der Waals surface area contributed by atoms with Crippen molar-refractivity contribution in [2.45, 2.75) is 120 Å². The minimum absolute atomic E-state index is 0.320. The minimum Gasteiger partial charge on any atom is -0.339 e. The lowest BCUT2D eigenvalue weighted by Crippen LogP contribution is -2.57. The Bertz CT molecular complexity index is 804. The molecule has 6 rings (SSSR count). The number of fused-ring (bicyclic) bond motifs is 2. The van der Waals surface area contributed by atoms with E-state index in [1.807, 2.05) is 60.3 Å². The van der Waals surface area contributed by atoms with Gasteiger partial charge in [-0.3, -0.25) is 4.79 Å². The number of para-hydroxylation sites is 1. The maximum Gasteiger partial charge on any atom is 0.250 e. The number of piperidine rings is 1. The quantitative estimate of drug-likeness (QED) is 0.302. The number of nitrogens with zero attached hydrogens (tertiary/aromatic N) is 3. The number of likely N-dealkylation sites (tertiary alicyclic amines) is 1. The number of hydrogen-bond donors (Lipinski definition) is 0. The molecule has 2 aliphatic heterocycles. The van der Waals surface area contributed by atoms with E-state index >= 15 is 0 Å². The summed E-state index contributed by atoms with van der Waals surface area (Å²) < 4.78 is 0. The first-order valence-electron chi connectivity index (χ1n) is 16.9. The van der Waals surface area contributed by atoms with E-state index in [9.17, 15) is 4.79 Å². The van der Waals surface area contributed by atoms with Gasteiger partial charge in [0.15, 0.2) is 0 Å². The molecule has 2 bridgehead atoms. The highest BCUT2D eigenvalue weighted by Gasteiger charge is 2.55. The summed E-state index contributed by atoms with van der Waals surface area (Å²) in [5.41, 5.74) is 1.37. The molecule has 5 heteroatoms. The zero-order valence-corrected chi connectivity index (χ0v) is 28.7.